The Morgan fingerprint density at radius 1 is 1.20 bits per heavy atom. The van der Waals surface area contributed by atoms with E-state index in [4.69, 9.17) is 9.47 Å². The zero-order chi connectivity index (χ0) is 21.9. The highest BCUT2D eigenvalue weighted by Crippen LogP contribution is 2.59. The summed E-state index contributed by atoms with van der Waals surface area (Å²) in [7, 11) is 1.41. The molecular weight excluding hydrogens is 380 g/mol. The molecule has 3 rings (SSSR count). The summed E-state index contributed by atoms with van der Waals surface area (Å²) in [5.74, 6) is -0.841. The van der Waals surface area contributed by atoms with Gasteiger partial charge in [-0.25, -0.2) is 4.79 Å². The van der Waals surface area contributed by atoms with Gasteiger partial charge in [0, 0.05) is 18.8 Å². The van der Waals surface area contributed by atoms with Crippen LogP contribution in [0.4, 0.5) is 0 Å². The summed E-state index contributed by atoms with van der Waals surface area (Å²) in [4.78, 5) is 37.2. The van der Waals surface area contributed by atoms with E-state index in [-0.39, 0.29) is 40.9 Å². The Kier molecular flexibility index (Phi) is 6.79. The number of ether oxygens (including phenoxy) is 2. The molecule has 5 heteroatoms. The minimum atomic E-state index is -0.437. The molecule has 1 aromatic rings. The van der Waals surface area contributed by atoms with E-state index in [1.54, 1.807) is 31.2 Å². The summed E-state index contributed by atoms with van der Waals surface area (Å²) in [6.45, 7) is 8.09. The van der Waals surface area contributed by atoms with Crippen LogP contribution in [0.25, 0.3) is 0 Å². The lowest BCUT2D eigenvalue weighted by Crippen LogP contribution is -2.55. The molecule has 2 saturated carbocycles. The maximum absolute atomic E-state index is 12.8. The van der Waals surface area contributed by atoms with Gasteiger partial charge in [-0.05, 0) is 49.7 Å². The smallest absolute Gasteiger partial charge is 0.338 e. The first-order valence-electron chi connectivity index (χ1n) is 10.8. The van der Waals surface area contributed by atoms with Crippen LogP contribution in [0.5, 0.6) is 0 Å². The standard InChI is InChI=1S/C25H32O5/c1-16-15-21(30-23(27)18-9-6-5-7-10-18)22-19(24(28)29-4)11-8-14-25(22,3)20(16)13-12-17(2)26/h5-7,9-10,19-22H,1,8,11-15H2,2-4H3/t19-,20-,21-,22+,25-/m1/s1. The highest BCUT2D eigenvalue weighted by Gasteiger charge is 2.57. The van der Waals surface area contributed by atoms with Crippen LogP contribution in [0, 0.1) is 23.2 Å². The van der Waals surface area contributed by atoms with E-state index in [2.05, 4.69) is 13.5 Å². The first-order chi connectivity index (χ1) is 14.3. The zero-order valence-corrected chi connectivity index (χ0v) is 18.2. The topological polar surface area (TPSA) is 69.7 Å². The van der Waals surface area contributed by atoms with Gasteiger partial charge in [0.25, 0.3) is 0 Å². The van der Waals surface area contributed by atoms with Crippen molar-refractivity contribution in [2.24, 2.45) is 23.2 Å². The summed E-state index contributed by atoms with van der Waals surface area (Å²) in [6.07, 6.45) is 3.81. The van der Waals surface area contributed by atoms with Gasteiger partial charge in [-0.15, -0.1) is 0 Å². The molecule has 0 spiro atoms. The summed E-state index contributed by atoms with van der Waals surface area (Å²) in [5, 5.41) is 0. The molecule has 0 bridgehead atoms. The third-order valence-electron chi connectivity index (χ3n) is 7.14. The van der Waals surface area contributed by atoms with Crippen molar-refractivity contribution >= 4 is 17.7 Å². The molecule has 5 atom stereocenters. The van der Waals surface area contributed by atoms with Crippen molar-refractivity contribution < 1.29 is 23.9 Å². The Labute approximate surface area is 178 Å². The molecule has 162 valence electrons. The van der Waals surface area contributed by atoms with Gasteiger partial charge in [-0.1, -0.05) is 43.7 Å². The van der Waals surface area contributed by atoms with Crippen LogP contribution in [-0.2, 0) is 19.1 Å². The van der Waals surface area contributed by atoms with Gasteiger partial charge >= 0.3 is 11.9 Å². The number of methoxy groups -OCH3 is 1. The van der Waals surface area contributed by atoms with Crippen molar-refractivity contribution in [1.82, 2.24) is 0 Å². The average molecular weight is 413 g/mol. The highest BCUT2D eigenvalue weighted by molar-refractivity contribution is 5.89. The number of rotatable bonds is 6. The highest BCUT2D eigenvalue weighted by atomic mass is 16.5. The molecule has 2 aliphatic carbocycles. The van der Waals surface area contributed by atoms with E-state index in [1.807, 2.05) is 6.07 Å². The number of benzene rings is 1. The normalized spacial score (nSPS) is 30.8. The molecule has 30 heavy (non-hydrogen) atoms. The summed E-state index contributed by atoms with van der Waals surface area (Å²) < 4.78 is 11.1. The molecule has 2 aliphatic rings. The molecule has 0 saturated heterocycles. The van der Waals surface area contributed by atoms with Crippen molar-refractivity contribution in [2.75, 3.05) is 7.11 Å². The quantitative estimate of drug-likeness (QED) is 0.498. The molecule has 0 unspecified atom stereocenters. The predicted molar refractivity (Wildman–Crippen MR) is 114 cm³/mol. The van der Waals surface area contributed by atoms with Crippen molar-refractivity contribution in [3.8, 4) is 0 Å². The predicted octanol–water partition coefficient (Wildman–Crippen LogP) is 4.75. The summed E-state index contributed by atoms with van der Waals surface area (Å²) in [5.41, 5.74) is 1.23. The van der Waals surface area contributed by atoms with Gasteiger partial charge in [-0.2, -0.15) is 0 Å². The molecule has 5 nitrogen and oxygen atoms in total. The summed E-state index contributed by atoms with van der Waals surface area (Å²) in [6, 6.07) is 8.91. The van der Waals surface area contributed by atoms with E-state index in [0.717, 1.165) is 24.8 Å². The Hall–Kier alpha value is -2.43. The van der Waals surface area contributed by atoms with Crippen LogP contribution in [0.15, 0.2) is 42.5 Å². The van der Waals surface area contributed by atoms with Gasteiger partial charge in [0.15, 0.2) is 0 Å². The number of hydrogen-bond donors (Lipinski definition) is 0. The second-order valence-corrected chi connectivity index (χ2v) is 9.02. The minimum Gasteiger partial charge on any atom is -0.469 e. The Bertz CT molecular complexity index is 814. The van der Waals surface area contributed by atoms with Gasteiger partial charge in [-0.3, -0.25) is 4.79 Å². The number of hydrogen-bond acceptors (Lipinski definition) is 5. The second kappa shape index (κ2) is 9.15. The van der Waals surface area contributed by atoms with Crippen molar-refractivity contribution in [3.05, 3.63) is 48.0 Å². The maximum Gasteiger partial charge on any atom is 0.338 e. The van der Waals surface area contributed by atoms with Crippen molar-refractivity contribution in [2.45, 2.75) is 58.5 Å². The molecule has 0 aromatic heterocycles. The average Bonchev–Trinajstić information content (AvgIpc) is 2.72. The molecule has 0 radical (unpaired) electrons. The number of fused-ring (bicyclic) bond motifs is 1. The minimum absolute atomic E-state index is 0.116. The number of carbonyl (C=O) groups excluding carboxylic acids is 3. The number of esters is 2. The first-order valence-corrected chi connectivity index (χ1v) is 10.8. The van der Waals surface area contributed by atoms with Gasteiger partial charge in [0.05, 0.1) is 18.6 Å². The fraction of sp³-hybridized carbons (Fsp3) is 0.560. The number of carbonyl (C=O) groups is 3. The Balaban J connectivity index is 1.94. The molecule has 0 heterocycles. The maximum atomic E-state index is 12.8. The third kappa shape index (κ3) is 4.35. The van der Waals surface area contributed by atoms with Gasteiger partial charge in [0.1, 0.15) is 11.9 Å². The van der Waals surface area contributed by atoms with Crippen LogP contribution in [-0.4, -0.2) is 30.9 Å². The summed E-state index contributed by atoms with van der Waals surface area (Å²) >= 11 is 0. The molecule has 2 fully saturated rings. The van der Waals surface area contributed by atoms with Crippen LogP contribution in [0.3, 0.4) is 0 Å². The molecule has 0 amide bonds. The molecular formula is C25H32O5. The van der Waals surface area contributed by atoms with E-state index in [1.165, 1.54) is 7.11 Å². The Morgan fingerprint density at radius 2 is 1.90 bits per heavy atom. The molecule has 1 aromatic carbocycles. The van der Waals surface area contributed by atoms with E-state index >= 15 is 0 Å². The van der Waals surface area contributed by atoms with Crippen LogP contribution in [0.2, 0.25) is 0 Å². The lowest BCUT2D eigenvalue weighted by molar-refractivity contribution is -0.162. The SMILES string of the molecule is C=C1C[C@@H](OC(=O)c2ccccc2)[C@@H]2[C@H](C(=O)OC)CCC[C@]2(C)[C@@H]1CCC(C)=O. The van der Waals surface area contributed by atoms with Gasteiger partial charge < -0.3 is 14.3 Å². The molecule has 0 N–H and O–H groups in total. The monoisotopic (exact) mass is 412 g/mol. The Morgan fingerprint density at radius 3 is 2.53 bits per heavy atom. The number of ketones is 1. The van der Waals surface area contributed by atoms with E-state index in [0.29, 0.717) is 24.8 Å². The van der Waals surface area contributed by atoms with Crippen LogP contribution >= 0.6 is 0 Å². The van der Waals surface area contributed by atoms with Crippen LogP contribution in [0.1, 0.15) is 62.7 Å². The first kappa shape index (κ1) is 22.3. The van der Waals surface area contributed by atoms with E-state index < -0.39 is 6.10 Å². The largest absolute Gasteiger partial charge is 0.469 e. The zero-order valence-electron chi connectivity index (χ0n) is 18.2. The fourth-order valence-corrected chi connectivity index (χ4v) is 5.78. The number of Topliss-reactive ketones (excluding diaryl/α,β-unsaturated/α-hetero) is 1. The fourth-order valence-electron chi connectivity index (χ4n) is 5.78. The lowest BCUT2D eigenvalue weighted by atomic mass is 9.49. The second-order valence-electron chi connectivity index (χ2n) is 9.02. The van der Waals surface area contributed by atoms with Crippen molar-refractivity contribution in [1.29, 1.82) is 0 Å². The van der Waals surface area contributed by atoms with E-state index in [9.17, 15) is 14.4 Å². The third-order valence-corrected chi connectivity index (χ3v) is 7.14. The van der Waals surface area contributed by atoms with Crippen molar-refractivity contribution in [3.63, 3.8) is 0 Å². The lowest BCUT2D eigenvalue weighted by Gasteiger charge is -2.56. The van der Waals surface area contributed by atoms with Gasteiger partial charge in [0.2, 0.25) is 0 Å². The molecule has 0 aliphatic heterocycles. The van der Waals surface area contributed by atoms with Crippen LogP contribution < -0.4 is 0 Å².